The molecule has 0 aromatic carbocycles. The molecule has 90 valence electrons. The topological polar surface area (TPSA) is 24.9 Å². The first-order chi connectivity index (χ1) is 7.38. The average Bonchev–Trinajstić information content (AvgIpc) is 2.15. The molecule has 1 atom stereocenters. The van der Waals surface area contributed by atoms with Gasteiger partial charge >= 0.3 is 0 Å². The van der Waals surface area contributed by atoms with Gasteiger partial charge in [0, 0.05) is 11.7 Å². The van der Waals surface area contributed by atoms with Gasteiger partial charge in [-0.2, -0.15) is 0 Å². The SMILES string of the molecule is CC(CCNC(C)(C)C)c1cncc(F)c1. The summed E-state index contributed by atoms with van der Waals surface area (Å²) in [5.74, 6) is 0.0752. The Morgan fingerprint density at radius 3 is 2.62 bits per heavy atom. The van der Waals surface area contributed by atoms with Gasteiger partial charge in [-0.3, -0.25) is 4.98 Å². The molecule has 2 nitrogen and oxygen atoms in total. The van der Waals surface area contributed by atoms with Crippen LogP contribution in [-0.4, -0.2) is 17.1 Å². The van der Waals surface area contributed by atoms with E-state index in [0.29, 0.717) is 5.92 Å². The van der Waals surface area contributed by atoms with Crippen LogP contribution in [0.25, 0.3) is 0 Å². The summed E-state index contributed by atoms with van der Waals surface area (Å²) in [7, 11) is 0. The average molecular weight is 224 g/mol. The van der Waals surface area contributed by atoms with Crippen LogP contribution in [0.15, 0.2) is 18.5 Å². The van der Waals surface area contributed by atoms with Crippen molar-refractivity contribution in [3.8, 4) is 0 Å². The number of halogens is 1. The van der Waals surface area contributed by atoms with Crippen LogP contribution >= 0.6 is 0 Å². The Labute approximate surface area is 97.3 Å². The second-order valence-electron chi connectivity index (χ2n) is 5.30. The van der Waals surface area contributed by atoms with Crippen molar-refractivity contribution in [3.05, 3.63) is 29.8 Å². The smallest absolute Gasteiger partial charge is 0.141 e. The first-order valence-corrected chi connectivity index (χ1v) is 5.74. The van der Waals surface area contributed by atoms with Crippen LogP contribution in [0.2, 0.25) is 0 Å². The third-order valence-corrected chi connectivity index (χ3v) is 2.53. The highest BCUT2D eigenvalue weighted by Crippen LogP contribution is 2.18. The molecule has 16 heavy (non-hydrogen) atoms. The molecule has 0 amide bonds. The van der Waals surface area contributed by atoms with Gasteiger partial charge in [-0.1, -0.05) is 6.92 Å². The highest BCUT2D eigenvalue weighted by Gasteiger charge is 2.11. The summed E-state index contributed by atoms with van der Waals surface area (Å²) < 4.78 is 13.0. The standard InChI is InChI=1S/C13H21FN2/c1-10(5-6-16-13(2,3)4)11-7-12(14)9-15-8-11/h7-10,16H,5-6H2,1-4H3. The Hall–Kier alpha value is -0.960. The van der Waals surface area contributed by atoms with E-state index in [1.807, 2.05) is 0 Å². The van der Waals surface area contributed by atoms with E-state index in [9.17, 15) is 4.39 Å². The summed E-state index contributed by atoms with van der Waals surface area (Å²) in [6, 6.07) is 1.56. The van der Waals surface area contributed by atoms with E-state index in [4.69, 9.17) is 0 Å². The molecule has 1 rings (SSSR count). The van der Waals surface area contributed by atoms with E-state index in [0.717, 1.165) is 18.5 Å². The van der Waals surface area contributed by atoms with Gasteiger partial charge in [-0.25, -0.2) is 4.39 Å². The molecule has 0 saturated carbocycles. The van der Waals surface area contributed by atoms with Gasteiger partial charge in [-0.15, -0.1) is 0 Å². The summed E-state index contributed by atoms with van der Waals surface area (Å²) >= 11 is 0. The maximum absolute atomic E-state index is 13.0. The van der Waals surface area contributed by atoms with E-state index in [1.54, 1.807) is 12.3 Å². The van der Waals surface area contributed by atoms with E-state index >= 15 is 0 Å². The van der Waals surface area contributed by atoms with E-state index in [1.165, 1.54) is 6.20 Å². The van der Waals surface area contributed by atoms with Crippen molar-refractivity contribution in [1.29, 1.82) is 0 Å². The molecule has 0 spiro atoms. The Kier molecular flexibility index (Phi) is 4.42. The lowest BCUT2D eigenvalue weighted by molar-refractivity contribution is 0.413. The van der Waals surface area contributed by atoms with Crippen LogP contribution in [0, 0.1) is 5.82 Å². The largest absolute Gasteiger partial charge is 0.312 e. The first kappa shape index (κ1) is 13.1. The summed E-state index contributed by atoms with van der Waals surface area (Å²) in [6.07, 6.45) is 3.97. The number of rotatable bonds is 4. The summed E-state index contributed by atoms with van der Waals surface area (Å²) in [4.78, 5) is 3.87. The zero-order valence-corrected chi connectivity index (χ0v) is 10.5. The fourth-order valence-electron chi connectivity index (χ4n) is 1.53. The van der Waals surface area contributed by atoms with E-state index in [2.05, 4.69) is 38.0 Å². The molecule has 0 fully saturated rings. The Morgan fingerprint density at radius 1 is 1.38 bits per heavy atom. The van der Waals surface area contributed by atoms with Gasteiger partial charge in [0.15, 0.2) is 0 Å². The van der Waals surface area contributed by atoms with Crippen molar-refractivity contribution >= 4 is 0 Å². The molecule has 1 N–H and O–H groups in total. The zero-order valence-electron chi connectivity index (χ0n) is 10.5. The van der Waals surface area contributed by atoms with Crippen LogP contribution in [0.4, 0.5) is 4.39 Å². The maximum atomic E-state index is 13.0. The quantitative estimate of drug-likeness (QED) is 0.850. The number of hydrogen-bond donors (Lipinski definition) is 1. The van der Waals surface area contributed by atoms with Crippen molar-refractivity contribution in [2.45, 2.75) is 45.6 Å². The summed E-state index contributed by atoms with van der Waals surface area (Å²) in [5, 5.41) is 3.42. The minimum atomic E-state index is -0.256. The van der Waals surface area contributed by atoms with Crippen LogP contribution in [0.5, 0.6) is 0 Å². The van der Waals surface area contributed by atoms with Gasteiger partial charge < -0.3 is 5.32 Å². The van der Waals surface area contributed by atoms with Crippen molar-refractivity contribution in [3.63, 3.8) is 0 Å². The van der Waals surface area contributed by atoms with E-state index < -0.39 is 0 Å². The van der Waals surface area contributed by atoms with Crippen LogP contribution in [0.3, 0.4) is 0 Å². The number of hydrogen-bond acceptors (Lipinski definition) is 2. The second kappa shape index (κ2) is 5.39. The van der Waals surface area contributed by atoms with E-state index in [-0.39, 0.29) is 11.4 Å². The van der Waals surface area contributed by atoms with Gasteiger partial charge in [0.1, 0.15) is 5.82 Å². The second-order valence-corrected chi connectivity index (χ2v) is 5.30. The van der Waals surface area contributed by atoms with Gasteiger partial charge in [0.2, 0.25) is 0 Å². The van der Waals surface area contributed by atoms with Crippen molar-refractivity contribution in [2.75, 3.05) is 6.54 Å². The molecule has 0 saturated heterocycles. The molecule has 1 unspecified atom stereocenters. The van der Waals surface area contributed by atoms with Crippen molar-refractivity contribution < 1.29 is 4.39 Å². The lowest BCUT2D eigenvalue weighted by atomic mass is 9.99. The number of nitrogens with zero attached hydrogens (tertiary/aromatic N) is 1. The fourth-order valence-corrected chi connectivity index (χ4v) is 1.53. The van der Waals surface area contributed by atoms with Gasteiger partial charge in [0.05, 0.1) is 6.20 Å². The number of nitrogens with one attached hydrogen (secondary N) is 1. The summed E-state index contributed by atoms with van der Waals surface area (Å²) in [5.41, 5.74) is 1.11. The predicted molar refractivity (Wildman–Crippen MR) is 65.0 cm³/mol. The highest BCUT2D eigenvalue weighted by molar-refractivity contribution is 5.14. The minimum Gasteiger partial charge on any atom is -0.312 e. The molecular formula is C13H21FN2. The molecule has 0 radical (unpaired) electrons. The van der Waals surface area contributed by atoms with Gasteiger partial charge in [-0.05, 0) is 51.3 Å². The fraction of sp³-hybridized carbons (Fsp3) is 0.615. The van der Waals surface area contributed by atoms with Crippen LogP contribution < -0.4 is 5.32 Å². The maximum Gasteiger partial charge on any atom is 0.141 e. The summed E-state index contributed by atoms with van der Waals surface area (Å²) in [6.45, 7) is 9.45. The predicted octanol–water partition coefficient (Wildman–Crippen LogP) is 3.10. The molecule has 1 aromatic heterocycles. The molecule has 3 heteroatoms. The molecule has 1 aromatic rings. The molecule has 1 heterocycles. The van der Waals surface area contributed by atoms with Gasteiger partial charge in [0.25, 0.3) is 0 Å². The number of aromatic nitrogens is 1. The molecule has 0 aliphatic rings. The van der Waals surface area contributed by atoms with Crippen LogP contribution in [0.1, 0.15) is 45.6 Å². The van der Waals surface area contributed by atoms with Crippen molar-refractivity contribution in [1.82, 2.24) is 10.3 Å². The molecule has 0 aliphatic carbocycles. The Balaban J connectivity index is 2.44. The number of pyridine rings is 1. The lowest BCUT2D eigenvalue weighted by Gasteiger charge is -2.22. The normalized spacial score (nSPS) is 13.8. The molecule has 0 bridgehead atoms. The van der Waals surface area contributed by atoms with Crippen LogP contribution in [-0.2, 0) is 0 Å². The third kappa shape index (κ3) is 4.71. The lowest BCUT2D eigenvalue weighted by Crippen LogP contribution is -2.36. The minimum absolute atomic E-state index is 0.139. The van der Waals surface area contributed by atoms with Crippen molar-refractivity contribution in [2.24, 2.45) is 0 Å². The first-order valence-electron chi connectivity index (χ1n) is 5.74. The third-order valence-electron chi connectivity index (χ3n) is 2.53. The molecule has 0 aliphatic heterocycles. The zero-order chi connectivity index (χ0) is 12.2. The highest BCUT2D eigenvalue weighted by atomic mass is 19.1. The monoisotopic (exact) mass is 224 g/mol. The Morgan fingerprint density at radius 2 is 2.06 bits per heavy atom. The Bertz CT molecular complexity index is 331. The molecular weight excluding hydrogens is 203 g/mol.